The Kier molecular flexibility index (Phi) is 33.1. The number of hydrogen-bond acceptors (Lipinski definition) is 2. The summed E-state index contributed by atoms with van der Waals surface area (Å²) >= 11 is 7.51. The number of fused-ring (bicyclic) bond motifs is 4. The molecule has 0 amide bonds. The van der Waals surface area contributed by atoms with Gasteiger partial charge in [0.1, 0.15) is 0 Å². The van der Waals surface area contributed by atoms with E-state index in [0.717, 1.165) is 78.5 Å². The summed E-state index contributed by atoms with van der Waals surface area (Å²) in [7, 11) is 0. The number of unbranched alkanes of at least 4 members (excludes halogenated alkanes) is 32. The molecule has 76 heavy (non-hydrogen) atoms. The Morgan fingerprint density at radius 2 is 0.539 bits per heavy atom. The second-order valence-electron chi connectivity index (χ2n) is 23.9. The molecule has 0 aliphatic carbocycles. The highest BCUT2D eigenvalue weighted by Gasteiger charge is 2.20. The fraction of sp³-hybridized carbons (Fsp3) is 0.714. The second-order valence-corrected chi connectivity index (χ2v) is 25.8. The van der Waals surface area contributed by atoms with Gasteiger partial charge in [0.25, 0.3) is 0 Å². The average Bonchev–Trinajstić information content (AvgIpc) is 3.43. The van der Waals surface area contributed by atoms with Gasteiger partial charge in [0.05, 0.1) is 22.1 Å². The average molecular weight is 1170 g/mol. The Morgan fingerprint density at radius 1 is 0.303 bits per heavy atom. The quantitative estimate of drug-likeness (QED) is 0.0288. The van der Waals surface area contributed by atoms with Crippen LogP contribution in [0.25, 0.3) is 43.6 Å². The van der Waals surface area contributed by atoms with Gasteiger partial charge < -0.3 is 9.13 Å². The zero-order valence-corrected chi connectivity index (χ0v) is 52.5. The van der Waals surface area contributed by atoms with Crippen molar-refractivity contribution in [1.82, 2.24) is 9.13 Å². The number of hydrogen-bond donors (Lipinski definition) is 0. The zero-order valence-electron chi connectivity index (χ0n) is 49.4. The monoisotopic (exact) mass is 1170 g/mol. The maximum Gasteiger partial charge on any atom is 0.197 e. The van der Waals surface area contributed by atoms with Crippen LogP contribution in [0.15, 0.2) is 67.1 Å². The van der Waals surface area contributed by atoms with Gasteiger partial charge in [-0.1, -0.05) is 316 Å². The molecule has 4 nitrogen and oxygen atoms in total. The summed E-state index contributed by atoms with van der Waals surface area (Å²) in [6.07, 6.45) is 56.2. The highest BCUT2D eigenvalue weighted by atomic mass is 79.9. The van der Waals surface area contributed by atoms with E-state index >= 15 is 0 Å². The Balaban J connectivity index is 1.42. The molecule has 0 saturated carbocycles. The normalized spacial score (nSPS) is 12.8. The largest absolute Gasteiger partial charge is 0.340 e. The number of halogens is 2. The summed E-state index contributed by atoms with van der Waals surface area (Å²) in [6, 6.07) is 16.8. The molecule has 2 aromatic heterocycles. The molecule has 0 N–H and O–H groups in total. The third kappa shape index (κ3) is 22.6. The summed E-state index contributed by atoms with van der Waals surface area (Å²) < 4.78 is 6.71. The molecule has 0 aliphatic heterocycles. The van der Waals surface area contributed by atoms with Crippen LogP contribution >= 0.6 is 31.9 Å². The molecule has 0 fully saturated rings. The lowest BCUT2D eigenvalue weighted by Crippen LogP contribution is -2.17. The Hall–Kier alpha value is -2.44. The van der Waals surface area contributed by atoms with Crippen LogP contribution in [-0.2, 0) is 13.1 Å². The number of aryl methyl sites for hydroxylation is 2. The summed E-state index contributed by atoms with van der Waals surface area (Å²) in [6.45, 7) is 10.9. The number of benzene rings is 3. The molecule has 0 radical (unpaired) electrons. The number of pyridine rings is 2. The first-order chi connectivity index (χ1) is 37.3. The maximum atomic E-state index is 14.9. The van der Waals surface area contributed by atoms with E-state index in [1.165, 1.54) is 257 Å². The molecule has 2 atom stereocenters. The van der Waals surface area contributed by atoms with Gasteiger partial charge in [0, 0.05) is 43.6 Å². The van der Waals surface area contributed by atoms with Gasteiger partial charge in [-0.15, -0.1) is 0 Å². The van der Waals surface area contributed by atoms with Crippen molar-refractivity contribution in [2.75, 3.05) is 0 Å². The first-order valence-corrected chi connectivity index (χ1v) is 34.3. The Bertz CT molecular complexity index is 2300. The molecule has 0 aliphatic rings. The summed E-state index contributed by atoms with van der Waals surface area (Å²) in [4.78, 5) is 29.9. The van der Waals surface area contributed by atoms with Crippen molar-refractivity contribution in [3.8, 4) is 0 Å². The lowest BCUT2D eigenvalue weighted by molar-refractivity contribution is 0.364. The van der Waals surface area contributed by atoms with Gasteiger partial charge in [-0.2, -0.15) is 0 Å². The van der Waals surface area contributed by atoms with Gasteiger partial charge in [0.2, 0.25) is 0 Å². The van der Waals surface area contributed by atoms with Crippen LogP contribution in [0.3, 0.4) is 0 Å². The van der Waals surface area contributed by atoms with E-state index in [1.807, 2.05) is 12.1 Å². The van der Waals surface area contributed by atoms with E-state index in [2.05, 4.69) is 105 Å². The third-order valence-corrected chi connectivity index (χ3v) is 18.5. The van der Waals surface area contributed by atoms with E-state index in [9.17, 15) is 9.59 Å². The van der Waals surface area contributed by atoms with Gasteiger partial charge in [-0.25, -0.2) is 0 Å². The van der Waals surface area contributed by atoms with Gasteiger partial charge in [-0.3, -0.25) is 9.59 Å². The number of aromatic nitrogens is 2. The van der Waals surface area contributed by atoms with Crippen molar-refractivity contribution < 1.29 is 0 Å². The van der Waals surface area contributed by atoms with Crippen molar-refractivity contribution in [3.63, 3.8) is 0 Å². The highest BCUT2D eigenvalue weighted by Crippen LogP contribution is 2.32. The topological polar surface area (TPSA) is 44.0 Å². The van der Waals surface area contributed by atoms with Gasteiger partial charge in [-0.05, 0) is 73.2 Å². The molecule has 2 heterocycles. The molecular formula is C70H110Br2N2O2. The van der Waals surface area contributed by atoms with Crippen LogP contribution < -0.4 is 10.9 Å². The SMILES string of the molecule is CCCCCCCCCCCCC(CCCCCCCCCC)CCn1c2ccc(Br)cc2c(=O)c2cc3c(cc21)c(=O)c1cc(Br)ccc1n3CCC(CCCCCCCCCC)CCCCCCCCCCCC. The molecule has 5 rings (SSSR count). The van der Waals surface area contributed by atoms with Crippen LogP contribution in [0.5, 0.6) is 0 Å². The van der Waals surface area contributed by atoms with Crippen molar-refractivity contribution in [2.45, 2.75) is 310 Å². The summed E-state index contributed by atoms with van der Waals surface area (Å²) in [5.41, 5.74) is 3.89. The summed E-state index contributed by atoms with van der Waals surface area (Å²) in [5, 5.41) is 2.99. The first-order valence-electron chi connectivity index (χ1n) is 32.7. The number of nitrogens with zero attached hydrogens (tertiary/aromatic N) is 2. The van der Waals surface area contributed by atoms with Crippen LogP contribution in [0, 0.1) is 11.8 Å². The smallest absolute Gasteiger partial charge is 0.197 e. The lowest BCUT2D eigenvalue weighted by atomic mass is 9.91. The molecule has 0 saturated heterocycles. The molecule has 2 unspecified atom stereocenters. The van der Waals surface area contributed by atoms with E-state index in [1.54, 1.807) is 0 Å². The van der Waals surface area contributed by atoms with Crippen molar-refractivity contribution in [3.05, 3.63) is 77.9 Å². The van der Waals surface area contributed by atoms with E-state index in [-0.39, 0.29) is 10.9 Å². The van der Waals surface area contributed by atoms with E-state index in [0.29, 0.717) is 11.8 Å². The van der Waals surface area contributed by atoms with Gasteiger partial charge in [0.15, 0.2) is 10.9 Å². The number of rotatable bonds is 46. The molecule has 0 spiro atoms. The minimum atomic E-state index is 0.0636. The maximum absolute atomic E-state index is 14.9. The molecule has 6 heteroatoms. The van der Waals surface area contributed by atoms with Crippen LogP contribution in [-0.4, -0.2) is 9.13 Å². The minimum Gasteiger partial charge on any atom is -0.340 e. The molecule has 0 bridgehead atoms. The summed E-state index contributed by atoms with van der Waals surface area (Å²) in [5.74, 6) is 1.29. The fourth-order valence-corrected chi connectivity index (χ4v) is 13.5. The zero-order chi connectivity index (χ0) is 54.0. The van der Waals surface area contributed by atoms with Gasteiger partial charge >= 0.3 is 0 Å². The Morgan fingerprint density at radius 3 is 0.803 bits per heavy atom. The van der Waals surface area contributed by atoms with E-state index in [4.69, 9.17) is 0 Å². The Labute approximate surface area is 481 Å². The predicted octanol–water partition coefficient (Wildman–Crippen LogP) is 23.8. The fourth-order valence-electron chi connectivity index (χ4n) is 12.7. The molecule has 426 valence electrons. The molecular weight excluding hydrogens is 1060 g/mol. The van der Waals surface area contributed by atoms with Crippen LogP contribution in [0.2, 0.25) is 0 Å². The second kappa shape index (κ2) is 39.0. The van der Waals surface area contributed by atoms with E-state index < -0.39 is 0 Å². The molecule has 3 aromatic carbocycles. The van der Waals surface area contributed by atoms with Crippen LogP contribution in [0.4, 0.5) is 0 Å². The standard InChI is InChI=1S/C70H110Br2N2O2/c1-5-9-13-17-21-25-27-31-35-39-43-57(41-37-33-29-23-19-15-11-7-3)49-51-73-65-47-45-59(71)53-61(65)69(75)63-56-68-64(55-67(63)73)70(76)62-54-60(72)46-48-66(62)74(68)52-50-58(42-38-34-30-24-20-16-12-8-4)44-40-36-32-28-26-22-18-14-10-6-2/h45-48,53-58H,5-44,49-52H2,1-4H3. The van der Waals surface area contributed by atoms with Crippen molar-refractivity contribution in [1.29, 1.82) is 0 Å². The lowest BCUT2D eigenvalue weighted by Gasteiger charge is -2.23. The molecule has 5 aromatic rings. The highest BCUT2D eigenvalue weighted by molar-refractivity contribution is 9.10. The van der Waals surface area contributed by atoms with Crippen molar-refractivity contribution >= 4 is 75.5 Å². The minimum absolute atomic E-state index is 0.0636. The first kappa shape index (κ1) is 64.4. The van der Waals surface area contributed by atoms with Crippen molar-refractivity contribution in [2.24, 2.45) is 11.8 Å². The van der Waals surface area contributed by atoms with Crippen LogP contribution in [0.1, 0.15) is 297 Å². The third-order valence-electron chi connectivity index (χ3n) is 17.6. The predicted molar refractivity (Wildman–Crippen MR) is 344 cm³/mol.